The minimum atomic E-state index is -4.82. The second kappa shape index (κ2) is 8.56. The van der Waals surface area contributed by atoms with E-state index in [2.05, 4.69) is 15.1 Å². The third-order valence-electron chi connectivity index (χ3n) is 3.75. The maximum atomic E-state index is 12.8. The summed E-state index contributed by atoms with van der Waals surface area (Å²) in [6.45, 7) is 1.88. The van der Waals surface area contributed by atoms with Gasteiger partial charge in [0.25, 0.3) is 5.56 Å². The Bertz CT molecular complexity index is 1100. The molecule has 10 heteroatoms. The number of halogens is 3. The predicted molar refractivity (Wildman–Crippen MR) is 104 cm³/mol. The van der Waals surface area contributed by atoms with Crippen molar-refractivity contribution in [1.29, 1.82) is 0 Å². The monoisotopic (exact) mass is 423 g/mol. The van der Waals surface area contributed by atoms with Gasteiger partial charge in [0.2, 0.25) is 5.91 Å². The molecule has 0 saturated carbocycles. The van der Waals surface area contributed by atoms with E-state index in [1.165, 1.54) is 23.9 Å². The molecule has 3 aromatic rings. The van der Waals surface area contributed by atoms with Crippen molar-refractivity contribution in [2.75, 3.05) is 11.2 Å². The maximum Gasteiger partial charge on any atom is 0.573 e. The quantitative estimate of drug-likeness (QED) is 0.483. The summed E-state index contributed by atoms with van der Waals surface area (Å²) in [4.78, 5) is 29.6. The number of rotatable bonds is 6. The van der Waals surface area contributed by atoms with Gasteiger partial charge in [-0.05, 0) is 35.6 Å². The summed E-state index contributed by atoms with van der Waals surface area (Å²) in [7, 11) is 0. The molecule has 2 aromatic carbocycles. The molecule has 0 atom stereocenters. The van der Waals surface area contributed by atoms with Gasteiger partial charge >= 0.3 is 6.36 Å². The third kappa shape index (κ3) is 5.29. The van der Waals surface area contributed by atoms with E-state index in [0.29, 0.717) is 27.4 Å². The Labute approximate surface area is 167 Å². The number of thioether (sulfide) groups is 1. The van der Waals surface area contributed by atoms with E-state index < -0.39 is 23.6 Å². The van der Waals surface area contributed by atoms with Gasteiger partial charge in [-0.3, -0.25) is 15.0 Å². The van der Waals surface area contributed by atoms with E-state index in [9.17, 15) is 22.8 Å². The molecule has 0 unspecified atom stereocenters. The normalized spacial score (nSPS) is 11.4. The zero-order valence-corrected chi connectivity index (χ0v) is 16.0. The van der Waals surface area contributed by atoms with Crippen molar-refractivity contribution in [1.82, 2.24) is 9.66 Å². The fraction of sp³-hybridized carbons (Fsp3) is 0.211. The van der Waals surface area contributed by atoms with Crippen molar-refractivity contribution in [2.45, 2.75) is 24.9 Å². The number of para-hydroxylation sites is 1. The van der Waals surface area contributed by atoms with Crippen LogP contribution in [-0.4, -0.2) is 27.7 Å². The molecule has 0 bridgehead atoms. The van der Waals surface area contributed by atoms with Gasteiger partial charge in [-0.1, -0.05) is 43.0 Å². The number of alkyl halides is 3. The molecule has 1 heterocycles. The molecular weight excluding hydrogens is 407 g/mol. The van der Waals surface area contributed by atoms with Crippen LogP contribution in [0.2, 0.25) is 0 Å². The molecular formula is C19H16F3N3O3S. The van der Waals surface area contributed by atoms with Crippen LogP contribution in [0, 0.1) is 0 Å². The molecule has 0 spiro atoms. The summed E-state index contributed by atoms with van der Waals surface area (Å²) in [5.41, 5.74) is 2.87. The number of hydrogen-bond donors (Lipinski definition) is 1. The number of aromatic nitrogens is 2. The molecule has 0 aliphatic heterocycles. The first-order valence-corrected chi connectivity index (χ1v) is 9.54. The maximum absolute atomic E-state index is 12.8. The summed E-state index contributed by atoms with van der Waals surface area (Å²) in [5.74, 6) is -0.377. The summed E-state index contributed by atoms with van der Waals surface area (Å²) >= 11 is 1.28. The second-order valence-corrected chi connectivity index (χ2v) is 7.12. The summed E-state index contributed by atoms with van der Waals surface area (Å²) in [5, 5.41) is 0.660. The highest BCUT2D eigenvalue weighted by atomic mass is 32.2. The zero-order chi connectivity index (χ0) is 21.0. The van der Waals surface area contributed by atoms with Crippen molar-refractivity contribution >= 4 is 28.6 Å². The SMILES string of the molecule is CCSc1nc2ccccc2c(=O)n1NC(=O)Cc1cccc(OC(F)(F)F)c1. The number of nitrogens with zero attached hydrogens (tertiary/aromatic N) is 2. The number of fused-ring (bicyclic) bond motifs is 1. The second-order valence-electron chi connectivity index (χ2n) is 5.89. The van der Waals surface area contributed by atoms with Crippen molar-refractivity contribution in [3.8, 4) is 5.75 Å². The Morgan fingerprint density at radius 1 is 1.21 bits per heavy atom. The lowest BCUT2D eigenvalue weighted by atomic mass is 10.1. The summed E-state index contributed by atoms with van der Waals surface area (Å²) in [6, 6.07) is 11.9. The van der Waals surface area contributed by atoms with Crippen molar-refractivity contribution < 1.29 is 22.7 Å². The van der Waals surface area contributed by atoms with Gasteiger partial charge < -0.3 is 4.74 Å². The first-order chi connectivity index (χ1) is 13.8. The van der Waals surface area contributed by atoms with Gasteiger partial charge in [-0.15, -0.1) is 13.2 Å². The minimum absolute atomic E-state index is 0.245. The van der Waals surface area contributed by atoms with Crippen LogP contribution in [0.4, 0.5) is 13.2 Å². The highest BCUT2D eigenvalue weighted by Gasteiger charge is 2.31. The average molecular weight is 423 g/mol. The standard InChI is InChI=1S/C19H16F3N3O3S/c1-2-29-18-23-15-9-4-3-8-14(15)17(27)25(18)24-16(26)11-12-6-5-7-13(10-12)28-19(20,21)22/h3-10H,2,11H2,1H3,(H,24,26). The fourth-order valence-corrected chi connectivity index (χ4v) is 3.32. The smallest absolute Gasteiger partial charge is 0.406 e. The number of benzene rings is 2. The molecule has 29 heavy (non-hydrogen) atoms. The molecule has 0 aliphatic rings. The lowest BCUT2D eigenvalue weighted by Gasteiger charge is -2.14. The molecule has 6 nitrogen and oxygen atoms in total. The van der Waals surface area contributed by atoms with E-state index in [0.717, 1.165) is 16.8 Å². The van der Waals surface area contributed by atoms with Crippen LogP contribution in [-0.2, 0) is 11.2 Å². The number of nitrogens with one attached hydrogen (secondary N) is 1. The molecule has 152 valence electrons. The van der Waals surface area contributed by atoms with E-state index in [1.54, 1.807) is 24.3 Å². The predicted octanol–water partition coefficient (Wildman–Crippen LogP) is 3.72. The van der Waals surface area contributed by atoms with Crippen molar-refractivity contribution in [3.05, 3.63) is 64.4 Å². The van der Waals surface area contributed by atoms with E-state index in [4.69, 9.17) is 0 Å². The van der Waals surface area contributed by atoms with Crippen molar-refractivity contribution in [2.24, 2.45) is 0 Å². The lowest BCUT2D eigenvalue weighted by Crippen LogP contribution is -2.35. The van der Waals surface area contributed by atoms with Crippen LogP contribution in [0.5, 0.6) is 5.75 Å². The van der Waals surface area contributed by atoms with Crippen LogP contribution in [0.3, 0.4) is 0 Å². The number of ether oxygens (including phenoxy) is 1. The van der Waals surface area contributed by atoms with Crippen LogP contribution >= 0.6 is 11.8 Å². The molecule has 0 fully saturated rings. The van der Waals surface area contributed by atoms with Crippen LogP contribution in [0.15, 0.2) is 58.5 Å². The van der Waals surface area contributed by atoms with E-state index in [1.807, 2.05) is 6.92 Å². The van der Waals surface area contributed by atoms with E-state index >= 15 is 0 Å². The summed E-state index contributed by atoms with van der Waals surface area (Å²) in [6.07, 6.45) is -5.07. The number of carbonyl (C=O) groups is 1. The molecule has 1 N–H and O–H groups in total. The topological polar surface area (TPSA) is 73.2 Å². The Morgan fingerprint density at radius 2 is 1.97 bits per heavy atom. The van der Waals surface area contributed by atoms with Crippen LogP contribution in [0.1, 0.15) is 12.5 Å². The highest BCUT2D eigenvalue weighted by Crippen LogP contribution is 2.23. The first kappa shape index (κ1) is 20.7. The Kier molecular flexibility index (Phi) is 6.12. The minimum Gasteiger partial charge on any atom is -0.406 e. The Morgan fingerprint density at radius 3 is 2.69 bits per heavy atom. The molecule has 1 amide bonds. The number of carbonyl (C=O) groups excluding carboxylic acids is 1. The van der Waals surface area contributed by atoms with Gasteiger partial charge in [-0.25, -0.2) is 4.98 Å². The molecule has 1 aromatic heterocycles. The average Bonchev–Trinajstić information content (AvgIpc) is 2.64. The van der Waals surface area contributed by atoms with Gasteiger partial charge in [0.05, 0.1) is 17.3 Å². The molecule has 3 rings (SSSR count). The zero-order valence-electron chi connectivity index (χ0n) is 15.2. The fourth-order valence-electron chi connectivity index (χ4n) is 2.64. The van der Waals surface area contributed by atoms with Crippen molar-refractivity contribution in [3.63, 3.8) is 0 Å². The Hall–Kier alpha value is -3.01. The number of hydrogen-bond acceptors (Lipinski definition) is 5. The first-order valence-electron chi connectivity index (χ1n) is 8.56. The molecule has 0 aliphatic carbocycles. The van der Waals surface area contributed by atoms with Crippen LogP contribution in [0.25, 0.3) is 10.9 Å². The molecule has 0 saturated heterocycles. The summed E-state index contributed by atoms with van der Waals surface area (Å²) < 4.78 is 42.0. The van der Waals surface area contributed by atoms with Crippen LogP contribution < -0.4 is 15.7 Å². The lowest BCUT2D eigenvalue weighted by molar-refractivity contribution is -0.274. The van der Waals surface area contributed by atoms with Gasteiger partial charge in [-0.2, -0.15) is 4.68 Å². The Balaban J connectivity index is 1.85. The van der Waals surface area contributed by atoms with Gasteiger partial charge in [0, 0.05) is 0 Å². The van der Waals surface area contributed by atoms with E-state index in [-0.39, 0.29) is 6.42 Å². The highest BCUT2D eigenvalue weighted by molar-refractivity contribution is 7.99. The molecule has 0 radical (unpaired) electrons. The largest absolute Gasteiger partial charge is 0.573 e. The number of amides is 1. The third-order valence-corrected chi connectivity index (χ3v) is 4.57. The van der Waals surface area contributed by atoms with Gasteiger partial charge in [0.1, 0.15) is 5.75 Å². The van der Waals surface area contributed by atoms with Gasteiger partial charge in [0.15, 0.2) is 5.16 Å².